The van der Waals surface area contributed by atoms with E-state index in [1.54, 1.807) is 0 Å². The number of hydrogen-bond acceptors (Lipinski definition) is 7. The molecule has 0 unspecified atom stereocenters. The summed E-state index contributed by atoms with van der Waals surface area (Å²) in [4.78, 5) is 13.5. The fourth-order valence-electron chi connectivity index (χ4n) is 1.49. The van der Waals surface area contributed by atoms with Crippen LogP contribution in [0.3, 0.4) is 0 Å². The Morgan fingerprint density at radius 2 is 2.29 bits per heavy atom. The number of methoxy groups -OCH3 is 1. The molecule has 0 atom stereocenters. The number of ether oxygens (including phenoxy) is 1. The zero-order valence-electron chi connectivity index (χ0n) is 10.1. The Hall–Kier alpha value is -1.34. The van der Waals surface area contributed by atoms with Crippen molar-refractivity contribution in [2.24, 2.45) is 0 Å². The smallest absolute Gasteiger partial charge is 0.344 e. The molecule has 96 valence electrons. The minimum Gasteiger partial charge on any atom is -0.465 e. The molecule has 1 rings (SSSR count). The third-order valence-corrected chi connectivity index (χ3v) is 3.21. The lowest BCUT2D eigenvalue weighted by Gasteiger charge is -2.26. The Morgan fingerprint density at radius 1 is 1.65 bits per heavy atom. The molecule has 0 bridgehead atoms. The van der Waals surface area contributed by atoms with Gasteiger partial charge in [-0.25, -0.2) is 4.79 Å². The molecule has 3 N–H and O–H groups in total. The van der Waals surface area contributed by atoms with Crippen LogP contribution < -0.4 is 10.6 Å². The normalized spacial score (nSPS) is 10.6. The molecule has 0 aliphatic rings. The van der Waals surface area contributed by atoms with E-state index in [1.165, 1.54) is 7.11 Å². The van der Waals surface area contributed by atoms with Gasteiger partial charge >= 0.3 is 5.97 Å². The van der Waals surface area contributed by atoms with Gasteiger partial charge < -0.3 is 20.5 Å². The molecule has 0 radical (unpaired) electrons. The van der Waals surface area contributed by atoms with E-state index in [-0.39, 0.29) is 24.0 Å². The summed E-state index contributed by atoms with van der Waals surface area (Å²) in [7, 11) is 1.30. The number of aliphatic hydroxyl groups excluding tert-OH is 1. The summed E-state index contributed by atoms with van der Waals surface area (Å²) in [5.74, 6) is -0.338. The van der Waals surface area contributed by atoms with Gasteiger partial charge in [-0.05, 0) is 25.4 Å². The molecule has 1 heterocycles. The van der Waals surface area contributed by atoms with E-state index in [4.69, 9.17) is 10.8 Å². The van der Waals surface area contributed by atoms with Crippen LogP contribution in [0.1, 0.15) is 24.2 Å². The highest BCUT2D eigenvalue weighted by molar-refractivity contribution is 7.11. The first-order chi connectivity index (χ1) is 8.02. The highest BCUT2D eigenvalue weighted by atomic mass is 32.1. The van der Waals surface area contributed by atoms with Crippen LogP contribution in [-0.4, -0.2) is 41.8 Å². The molecule has 1 aromatic rings. The largest absolute Gasteiger partial charge is 0.465 e. The first kappa shape index (κ1) is 13.7. The topological polar surface area (TPSA) is 88.7 Å². The summed E-state index contributed by atoms with van der Waals surface area (Å²) in [6.07, 6.45) is 0. The highest BCUT2D eigenvalue weighted by Crippen LogP contribution is 2.32. The van der Waals surface area contributed by atoms with Crippen LogP contribution in [0.15, 0.2) is 0 Å². The number of hydrogen-bond donors (Lipinski definition) is 2. The van der Waals surface area contributed by atoms with E-state index in [0.29, 0.717) is 11.5 Å². The summed E-state index contributed by atoms with van der Waals surface area (Å²) >= 11 is 1.14. The monoisotopic (exact) mass is 259 g/mol. The molecule has 0 aliphatic carbocycles. The van der Waals surface area contributed by atoms with Crippen LogP contribution in [0.5, 0.6) is 0 Å². The second-order valence-corrected chi connectivity index (χ2v) is 4.50. The third-order valence-electron chi connectivity index (χ3n) is 2.32. The Balaban J connectivity index is 3.15. The number of carbonyl (C=O) groups is 1. The third kappa shape index (κ3) is 2.86. The summed E-state index contributed by atoms with van der Waals surface area (Å²) in [6, 6.07) is 0.130. The summed E-state index contributed by atoms with van der Waals surface area (Å²) < 4.78 is 8.65. The maximum atomic E-state index is 11.6. The molecule has 0 saturated carbocycles. The maximum absolute atomic E-state index is 11.6. The van der Waals surface area contributed by atoms with Gasteiger partial charge in [-0.15, -0.1) is 0 Å². The van der Waals surface area contributed by atoms with Gasteiger partial charge in [0, 0.05) is 12.6 Å². The van der Waals surface area contributed by atoms with E-state index < -0.39 is 5.97 Å². The summed E-state index contributed by atoms with van der Waals surface area (Å²) in [5, 5.41) is 9.67. The van der Waals surface area contributed by atoms with Crippen molar-refractivity contribution in [2.45, 2.75) is 19.9 Å². The number of aliphatic hydroxyl groups is 1. The average molecular weight is 259 g/mol. The van der Waals surface area contributed by atoms with Crippen LogP contribution in [0.25, 0.3) is 0 Å². The molecule has 0 fully saturated rings. The number of nitrogens with zero attached hydrogens (tertiary/aromatic N) is 2. The van der Waals surface area contributed by atoms with Crippen molar-refractivity contribution in [1.29, 1.82) is 0 Å². The predicted octanol–water partition coefficient (Wildman–Crippen LogP) is 0.719. The van der Waals surface area contributed by atoms with Gasteiger partial charge in [0.1, 0.15) is 10.6 Å². The van der Waals surface area contributed by atoms with Crippen LogP contribution in [0.2, 0.25) is 0 Å². The second kappa shape index (κ2) is 5.83. The highest BCUT2D eigenvalue weighted by Gasteiger charge is 2.25. The molecular formula is C10H17N3O3S. The Kier molecular flexibility index (Phi) is 4.71. The van der Waals surface area contributed by atoms with Crippen molar-refractivity contribution in [2.75, 3.05) is 30.9 Å². The zero-order chi connectivity index (χ0) is 13.0. The predicted molar refractivity (Wildman–Crippen MR) is 67.4 cm³/mol. The summed E-state index contributed by atoms with van der Waals surface area (Å²) in [6.45, 7) is 4.35. The van der Waals surface area contributed by atoms with Crippen molar-refractivity contribution < 1.29 is 14.6 Å². The van der Waals surface area contributed by atoms with E-state index in [1.807, 2.05) is 18.7 Å². The minimum atomic E-state index is -0.505. The van der Waals surface area contributed by atoms with Crippen LogP contribution >= 0.6 is 11.5 Å². The molecule has 17 heavy (non-hydrogen) atoms. The van der Waals surface area contributed by atoms with Gasteiger partial charge in [0.2, 0.25) is 0 Å². The van der Waals surface area contributed by atoms with Crippen LogP contribution in [0, 0.1) is 0 Å². The molecule has 6 nitrogen and oxygen atoms in total. The molecular weight excluding hydrogens is 242 g/mol. The second-order valence-electron chi connectivity index (χ2n) is 3.75. The van der Waals surface area contributed by atoms with Gasteiger partial charge in [0.25, 0.3) is 0 Å². The first-order valence-corrected chi connectivity index (χ1v) is 6.01. The van der Waals surface area contributed by atoms with Crippen molar-refractivity contribution in [1.82, 2.24) is 4.37 Å². The van der Waals surface area contributed by atoms with Gasteiger partial charge in [-0.1, -0.05) is 0 Å². The molecule has 0 aromatic carbocycles. The molecule has 0 spiro atoms. The summed E-state index contributed by atoms with van der Waals surface area (Å²) in [5.41, 5.74) is 5.94. The van der Waals surface area contributed by atoms with Crippen LogP contribution in [-0.2, 0) is 4.74 Å². The quantitative estimate of drug-likeness (QED) is 0.757. The Bertz CT molecular complexity index is 392. The number of nitrogens with two attached hydrogens (primary N) is 1. The standard InChI is InChI=1S/C10H17N3O3S/c1-6(2)13(4-5-14)9-7(10(15)16-3)8(11)12-17-9/h6,14H,4-5H2,1-3H3,(H2,11,12). The van der Waals surface area contributed by atoms with Gasteiger partial charge in [0.15, 0.2) is 5.82 Å². The van der Waals surface area contributed by atoms with Crippen molar-refractivity contribution in [3.63, 3.8) is 0 Å². The van der Waals surface area contributed by atoms with Crippen LogP contribution in [0.4, 0.5) is 10.8 Å². The Labute approximate surface area is 104 Å². The SMILES string of the molecule is COC(=O)c1c(N)nsc1N(CCO)C(C)C. The average Bonchev–Trinajstić information content (AvgIpc) is 2.66. The maximum Gasteiger partial charge on any atom is 0.344 e. The molecule has 7 heteroatoms. The fraction of sp³-hybridized carbons (Fsp3) is 0.600. The number of esters is 1. The van der Waals surface area contributed by atoms with Gasteiger partial charge in [-0.2, -0.15) is 4.37 Å². The van der Waals surface area contributed by atoms with Crippen molar-refractivity contribution in [3.05, 3.63) is 5.56 Å². The van der Waals surface area contributed by atoms with E-state index in [0.717, 1.165) is 11.5 Å². The molecule has 0 saturated heterocycles. The number of anilines is 2. The lowest BCUT2D eigenvalue weighted by Crippen LogP contribution is -2.33. The number of nitrogen functional groups attached to an aromatic ring is 1. The zero-order valence-corrected chi connectivity index (χ0v) is 11.0. The van der Waals surface area contributed by atoms with Gasteiger partial charge in [-0.3, -0.25) is 0 Å². The van der Waals surface area contributed by atoms with E-state index >= 15 is 0 Å². The van der Waals surface area contributed by atoms with Crippen molar-refractivity contribution >= 4 is 28.3 Å². The Morgan fingerprint density at radius 3 is 2.76 bits per heavy atom. The van der Waals surface area contributed by atoms with E-state index in [9.17, 15) is 4.79 Å². The number of carbonyl (C=O) groups excluding carboxylic acids is 1. The minimum absolute atomic E-state index is 0.00338. The number of rotatable bonds is 5. The lowest BCUT2D eigenvalue weighted by molar-refractivity contribution is 0.0603. The molecule has 1 aromatic heterocycles. The first-order valence-electron chi connectivity index (χ1n) is 5.23. The molecule has 0 aliphatic heterocycles. The fourth-order valence-corrected chi connectivity index (χ4v) is 2.45. The molecule has 0 amide bonds. The lowest BCUT2D eigenvalue weighted by atomic mass is 10.2. The van der Waals surface area contributed by atoms with Gasteiger partial charge in [0.05, 0.1) is 13.7 Å². The van der Waals surface area contributed by atoms with E-state index in [2.05, 4.69) is 9.11 Å². The van der Waals surface area contributed by atoms with Crippen molar-refractivity contribution in [3.8, 4) is 0 Å². The number of aromatic nitrogens is 1.